The summed E-state index contributed by atoms with van der Waals surface area (Å²) in [5.74, 6) is -0.812. The number of epoxide rings is 1. The number of hydrogen-bond donors (Lipinski definition) is 1. The number of benzene rings is 1. The van der Waals surface area contributed by atoms with Crippen LogP contribution in [-0.4, -0.2) is 78.6 Å². The van der Waals surface area contributed by atoms with Gasteiger partial charge in [0.25, 0.3) is 5.91 Å². The van der Waals surface area contributed by atoms with Gasteiger partial charge in [-0.05, 0) is 24.8 Å². The van der Waals surface area contributed by atoms with Crippen LogP contribution in [-0.2, 0) is 30.4 Å². The van der Waals surface area contributed by atoms with Gasteiger partial charge < -0.3 is 19.7 Å². The molecule has 2 aliphatic heterocycles. The SMILES string of the molecule is CCOC(=O)C1OC1C(=O)NC(CC(C)C)C(=O)N1CCN(Cc2ccccc2)CC1. The number of carbonyl (C=O) groups excluding carboxylic acids is 3. The summed E-state index contributed by atoms with van der Waals surface area (Å²) in [6.45, 7) is 9.66. The fraction of sp³-hybridized carbons (Fsp3) is 0.609. The number of amides is 2. The molecule has 31 heavy (non-hydrogen) atoms. The second kappa shape index (κ2) is 10.7. The van der Waals surface area contributed by atoms with Crippen LogP contribution < -0.4 is 5.32 Å². The second-order valence-corrected chi connectivity index (χ2v) is 8.51. The first-order valence-electron chi connectivity index (χ1n) is 11.1. The normalized spacial score (nSPS) is 22.1. The first-order valence-corrected chi connectivity index (χ1v) is 11.1. The highest BCUT2D eigenvalue weighted by Crippen LogP contribution is 2.24. The minimum atomic E-state index is -0.871. The molecule has 2 amide bonds. The van der Waals surface area contributed by atoms with Gasteiger partial charge in [0.2, 0.25) is 5.91 Å². The zero-order valence-electron chi connectivity index (χ0n) is 18.6. The highest BCUT2D eigenvalue weighted by Gasteiger charge is 2.52. The van der Waals surface area contributed by atoms with Crippen LogP contribution in [0.25, 0.3) is 0 Å². The van der Waals surface area contributed by atoms with Crippen molar-refractivity contribution in [2.45, 2.75) is 52.0 Å². The molecule has 3 unspecified atom stereocenters. The number of ether oxygens (including phenoxy) is 2. The molecular formula is C23H33N3O5. The summed E-state index contributed by atoms with van der Waals surface area (Å²) < 4.78 is 10.1. The molecule has 0 aliphatic carbocycles. The van der Waals surface area contributed by atoms with Crippen molar-refractivity contribution in [2.75, 3.05) is 32.8 Å². The molecule has 2 fully saturated rings. The number of esters is 1. The molecule has 0 bridgehead atoms. The fourth-order valence-electron chi connectivity index (χ4n) is 3.85. The van der Waals surface area contributed by atoms with Crippen molar-refractivity contribution in [1.29, 1.82) is 0 Å². The Morgan fingerprint density at radius 1 is 1.10 bits per heavy atom. The average molecular weight is 432 g/mol. The number of nitrogens with one attached hydrogen (secondary N) is 1. The summed E-state index contributed by atoms with van der Waals surface area (Å²) in [5, 5.41) is 2.81. The average Bonchev–Trinajstić information content (AvgIpc) is 3.55. The van der Waals surface area contributed by atoms with Crippen molar-refractivity contribution < 1.29 is 23.9 Å². The van der Waals surface area contributed by atoms with E-state index in [0.717, 1.165) is 19.6 Å². The number of rotatable bonds is 9. The van der Waals surface area contributed by atoms with Crippen LogP contribution >= 0.6 is 0 Å². The van der Waals surface area contributed by atoms with Crippen molar-refractivity contribution >= 4 is 17.8 Å². The molecule has 0 saturated carbocycles. The van der Waals surface area contributed by atoms with Crippen LogP contribution in [0.2, 0.25) is 0 Å². The lowest BCUT2D eigenvalue weighted by atomic mass is 10.0. The van der Waals surface area contributed by atoms with Crippen molar-refractivity contribution in [3.8, 4) is 0 Å². The van der Waals surface area contributed by atoms with Crippen LogP contribution in [0, 0.1) is 5.92 Å². The number of piperazine rings is 1. The van der Waals surface area contributed by atoms with Crippen molar-refractivity contribution in [3.05, 3.63) is 35.9 Å². The third-order valence-corrected chi connectivity index (χ3v) is 5.52. The lowest BCUT2D eigenvalue weighted by molar-refractivity contribution is -0.144. The van der Waals surface area contributed by atoms with Gasteiger partial charge in [-0.2, -0.15) is 0 Å². The molecular weight excluding hydrogens is 398 g/mol. The van der Waals surface area contributed by atoms with Gasteiger partial charge in [0, 0.05) is 32.7 Å². The van der Waals surface area contributed by atoms with E-state index >= 15 is 0 Å². The third-order valence-electron chi connectivity index (χ3n) is 5.52. The topological polar surface area (TPSA) is 91.5 Å². The Kier molecular flexibility index (Phi) is 8.03. The number of carbonyl (C=O) groups is 3. The van der Waals surface area contributed by atoms with Crippen molar-refractivity contribution in [2.24, 2.45) is 5.92 Å². The molecule has 0 spiro atoms. The first kappa shape index (κ1) is 23.2. The Morgan fingerprint density at radius 2 is 1.77 bits per heavy atom. The summed E-state index contributed by atoms with van der Waals surface area (Å²) in [6, 6.07) is 9.66. The van der Waals surface area contributed by atoms with E-state index in [-0.39, 0.29) is 18.4 Å². The summed E-state index contributed by atoms with van der Waals surface area (Å²) in [7, 11) is 0. The molecule has 170 valence electrons. The molecule has 3 rings (SSSR count). The van der Waals surface area contributed by atoms with Crippen molar-refractivity contribution in [1.82, 2.24) is 15.1 Å². The molecule has 0 aromatic heterocycles. The summed E-state index contributed by atoms with van der Waals surface area (Å²) >= 11 is 0. The number of nitrogens with zero attached hydrogens (tertiary/aromatic N) is 2. The maximum Gasteiger partial charge on any atom is 0.338 e. The predicted octanol–water partition coefficient (Wildman–Crippen LogP) is 1.19. The number of hydrogen-bond acceptors (Lipinski definition) is 6. The van der Waals surface area contributed by atoms with Gasteiger partial charge in [-0.25, -0.2) is 4.79 Å². The largest absolute Gasteiger partial charge is 0.464 e. The minimum absolute atomic E-state index is 0.0743. The lowest BCUT2D eigenvalue weighted by Gasteiger charge is -2.36. The quantitative estimate of drug-likeness (QED) is 0.467. The Morgan fingerprint density at radius 3 is 2.39 bits per heavy atom. The molecule has 1 N–H and O–H groups in total. The van der Waals surface area contributed by atoms with E-state index in [1.807, 2.05) is 36.9 Å². The highest BCUT2D eigenvalue weighted by atomic mass is 16.6. The molecule has 1 aromatic carbocycles. The zero-order chi connectivity index (χ0) is 22.4. The maximum atomic E-state index is 13.2. The Labute approximate surface area is 183 Å². The lowest BCUT2D eigenvalue weighted by Crippen LogP contribution is -2.55. The van der Waals surface area contributed by atoms with Crippen LogP contribution in [0.1, 0.15) is 32.8 Å². The molecule has 1 aromatic rings. The molecule has 8 nitrogen and oxygen atoms in total. The van der Waals surface area contributed by atoms with E-state index in [2.05, 4.69) is 22.3 Å². The highest BCUT2D eigenvalue weighted by molar-refractivity contribution is 5.95. The first-order chi connectivity index (χ1) is 14.9. The van der Waals surface area contributed by atoms with Gasteiger partial charge in [0.15, 0.2) is 12.2 Å². The van der Waals surface area contributed by atoms with E-state index < -0.39 is 30.1 Å². The third kappa shape index (κ3) is 6.51. The zero-order valence-corrected chi connectivity index (χ0v) is 18.6. The fourth-order valence-corrected chi connectivity index (χ4v) is 3.85. The summed E-state index contributed by atoms with van der Waals surface area (Å²) in [6.07, 6.45) is -1.20. The van der Waals surface area contributed by atoms with E-state index in [9.17, 15) is 14.4 Å². The summed E-state index contributed by atoms with van der Waals surface area (Å²) in [4.78, 5) is 41.6. The van der Waals surface area contributed by atoms with Gasteiger partial charge in [-0.1, -0.05) is 44.2 Å². The van der Waals surface area contributed by atoms with Crippen LogP contribution in [0.15, 0.2) is 30.3 Å². The van der Waals surface area contributed by atoms with E-state index in [4.69, 9.17) is 9.47 Å². The molecule has 8 heteroatoms. The van der Waals surface area contributed by atoms with Gasteiger partial charge in [0.05, 0.1) is 6.61 Å². The Bertz CT molecular complexity index is 762. The predicted molar refractivity (Wildman–Crippen MR) is 115 cm³/mol. The molecule has 2 aliphatic rings. The maximum absolute atomic E-state index is 13.2. The molecule has 0 radical (unpaired) electrons. The standard InChI is InChI=1S/C23H33N3O5/c1-4-30-23(29)20-19(31-20)21(27)24-18(14-16(2)3)22(28)26-12-10-25(11-13-26)15-17-8-6-5-7-9-17/h5-9,16,18-20H,4,10-15H2,1-3H3,(H,24,27). The van der Waals surface area contributed by atoms with Crippen LogP contribution in [0.4, 0.5) is 0 Å². The van der Waals surface area contributed by atoms with Gasteiger partial charge in [0.1, 0.15) is 6.04 Å². The molecule has 2 saturated heterocycles. The van der Waals surface area contributed by atoms with E-state index in [1.54, 1.807) is 6.92 Å². The Balaban J connectivity index is 1.52. The Hall–Kier alpha value is -2.45. The van der Waals surface area contributed by atoms with Crippen LogP contribution in [0.5, 0.6) is 0 Å². The smallest absolute Gasteiger partial charge is 0.338 e. The van der Waals surface area contributed by atoms with Gasteiger partial charge in [-0.3, -0.25) is 14.5 Å². The summed E-state index contributed by atoms with van der Waals surface area (Å²) in [5.41, 5.74) is 1.26. The van der Waals surface area contributed by atoms with E-state index in [1.165, 1.54) is 5.56 Å². The molecule has 3 atom stereocenters. The second-order valence-electron chi connectivity index (χ2n) is 8.51. The minimum Gasteiger partial charge on any atom is -0.464 e. The van der Waals surface area contributed by atoms with Crippen molar-refractivity contribution in [3.63, 3.8) is 0 Å². The molecule has 2 heterocycles. The van der Waals surface area contributed by atoms with E-state index in [0.29, 0.717) is 19.5 Å². The van der Waals surface area contributed by atoms with Gasteiger partial charge in [-0.15, -0.1) is 0 Å². The van der Waals surface area contributed by atoms with Gasteiger partial charge >= 0.3 is 5.97 Å². The monoisotopic (exact) mass is 431 g/mol. The van der Waals surface area contributed by atoms with Crippen LogP contribution in [0.3, 0.4) is 0 Å².